The van der Waals surface area contributed by atoms with Gasteiger partial charge in [0.15, 0.2) is 0 Å². The molecule has 0 amide bonds. The van der Waals surface area contributed by atoms with E-state index in [4.69, 9.17) is 14.0 Å². The van der Waals surface area contributed by atoms with Crippen LogP contribution in [0.25, 0.3) is 0 Å². The minimum Gasteiger partial charge on any atom is -0.478 e. The maximum atomic E-state index is 11.9. The van der Waals surface area contributed by atoms with Gasteiger partial charge in [-0.3, -0.25) is 4.79 Å². The molecule has 0 spiro atoms. The van der Waals surface area contributed by atoms with Crippen molar-refractivity contribution in [1.82, 2.24) is 0 Å². The Balaban J connectivity index is 2.44. The Hall–Kier alpha value is -1.86. The Morgan fingerprint density at radius 2 is 1.71 bits per heavy atom. The first-order valence-corrected chi connectivity index (χ1v) is 7.84. The molecular formula is C17H23BO6. The van der Waals surface area contributed by atoms with Crippen LogP contribution in [0.4, 0.5) is 0 Å². The van der Waals surface area contributed by atoms with Gasteiger partial charge in [0.05, 0.1) is 30.3 Å². The standard InChI is InChI=1S/C17H23BO6/c1-16(2)17(3,4)24-18(23-16)13(10-14(19)22-5)11-8-6-7-9-12(11)15(20)21/h6-9,13H,10H2,1-5H3,(H,20,21). The first-order valence-electron chi connectivity index (χ1n) is 7.84. The summed E-state index contributed by atoms with van der Waals surface area (Å²) in [6.07, 6.45) is -0.0301. The molecule has 1 saturated heterocycles. The summed E-state index contributed by atoms with van der Waals surface area (Å²) in [5.74, 6) is -2.09. The lowest BCUT2D eigenvalue weighted by atomic mass is 9.65. The molecule has 1 atom stereocenters. The molecule has 1 aromatic carbocycles. The van der Waals surface area contributed by atoms with E-state index in [1.165, 1.54) is 13.2 Å². The minimum atomic E-state index is -1.06. The summed E-state index contributed by atoms with van der Waals surface area (Å²) in [4.78, 5) is 23.4. The van der Waals surface area contributed by atoms with Gasteiger partial charge in [-0.05, 0) is 39.3 Å². The van der Waals surface area contributed by atoms with Crippen LogP contribution in [0, 0.1) is 0 Å². The average Bonchev–Trinajstić information content (AvgIpc) is 2.72. The van der Waals surface area contributed by atoms with Crippen LogP contribution in [0.15, 0.2) is 24.3 Å². The fourth-order valence-corrected chi connectivity index (χ4v) is 2.68. The maximum Gasteiger partial charge on any atom is 0.466 e. The van der Waals surface area contributed by atoms with Crippen LogP contribution < -0.4 is 0 Å². The molecule has 0 saturated carbocycles. The molecule has 1 heterocycles. The van der Waals surface area contributed by atoms with Gasteiger partial charge in [0.1, 0.15) is 0 Å². The second-order valence-corrected chi connectivity index (χ2v) is 6.90. The quantitative estimate of drug-likeness (QED) is 0.658. The number of benzene rings is 1. The smallest absolute Gasteiger partial charge is 0.466 e. The van der Waals surface area contributed by atoms with E-state index in [1.807, 2.05) is 27.7 Å². The van der Waals surface area contributed by atoms with Crippen molar-refractivity contribution in [2.75, 3.05) is 7.11 Å². The molecule has 1 aromatic rings. The molecule has 0 bridgehead atoms. The lowest BCUT2D eigenvalue weighted by Gasteiger charge is -2.32. The van der Waals surface area contributed by atoms with Crippen LogP contribution in [-0.4, -0.2) is 42.5 Å². The van der Waals surface area contributed by atoms with Crippen molar-refractivity contribution in [2.45, 2.75) is 51.1 Å². The van der Waals surface area contributed by atoms with E-state index in [9.17, 15) is 14.7 Å². The van der Waals surface area contributed by atoms with E-state index in [-0.39, 0.29) is 12.0 Å². The molecule has 1 aliphatic heterocycles. The first-order chi connectivity index (χ1) is 11.1. The second-order valence-electron chi connectivity index (χ2n) is 6.90. The minimum absolute atomic E-state index is 0.0301. The molecule has 1 aliphatic rings. The molecule has 7 heteroatoms. The zero-order valence-corrected chi connectivity index (χ0v) is 14.7. The van der Waals surface area contributed by atoms with Gasteiger partial charge in [0.2, 0.25) is 0 Å². The number of carbonyl (C=O) groups is 2. The Morgan fingerprint density at radius 1 is 1.17 bits per heavy atom. The molecule has 2 rings (SSSR count). The van der Waals surface area contributed by atoms with Crippen molar-refractivity contribution >= 4 is 19.1 Å². The normalized spacial score (nSPS) is 19.8. The number of methoxy groups -OCH3 is 1. The Bertz CT molecular complexity index is 624. The Morgan fingerprint density at radius 3 is 2.21 bits per heavy atom. The number of hydrogen-bond acceptors (Lipinski definition) is 5. The van der Waals surface area contributed by atoms with Crippen LogP contribution in [0.5, 0.6) is 0 Å². The third-order valence-electron chi connectivity index (χ3n) is 4.80. The van der Waals surface area contributed by atoms with Gasteiger partial charge in [-0.2, -0.15) is 0 Å². The van der Waals surface area contributed by atoms with Gasteiger partial charge in [0.25, 0.3) is 0 Å². The average molecular weight is 334 g/mol. The SMILES string of the molecule is COC(=O)CC(B1OC(C)(C)C(C)(C)O1)c1ccccc1C(=O)O. The fraction of sp³-hybridized carbons (Fsp3) is 0.529. The van der Waals surface area contributed by atoms with Crippen LogP contribution in [0.3, 0.4) is 0 Å². The van der Waals surface area contributed by atoms with Crippen molar-refractivity contribution < 1.29 is 28.7 Å². The number of aromatic carboxylic acids is 1. The molecule has 6 nitrogen and oxygen atoms in total. The highest BCUT2D eigenvalue weighted by molar-refractivity contribution is 6.48. The van der Waals surface area contributed by atoms with Crippen LogP contribution in [0.2, 0.25) is 0 Å². The molecule has 24 heavy (non-hydrogen) atoms. The highest BCUT2D eigenvalue weighted by Crippen LogP contribution is 2.42. The topological polar surface area (TPSA) is 82.1 Å². The van der Waals surface area contributed by atoms with Crippen molar-refractivity contribution in [3.8, 4) is 0 Å². The zero-order chi connectivity index (χ0) is 18.1. The summed E-state index contributed by atoms with van der Waals surface area (Å²) in [6, 6.07) is 6.57. The van der Waals surface area contributed by atoms with Gasteiger partial charge in [-0.1, -0.05) is 18.2 Å². The maximum absolute atomic E-state index is 11.9. The largest absolute Gasteiger partial charge is 0.478 e. The van der Waals surface area contributed by atoms with Crippen molar-refractivity contribution in [3.63, 3.8) is 0 Å². The molecule has 0 radical (unpaired) electrons. The lowest BCUT2D eigenvalue weighted by molar-refractivity contribution is -0.140. The van der Waals surface area contributed by atoms with Crippen LogP contribution >= 0.6 is 0 Å². The molecule has 130 valence electrons. The fourth-order valence-electron chi connectivity index (χ4n) is 2.68. The first kappa shape index (κ1) is 18.5. The summed E-state index contributed by atoms with van der Waals surface area (Å²) in [6.45, 7) is 7.63. The third-order valence-corrected chi connectivity index (χ3v) is 4.80. The summed E-state index contributed by atoms with van der Waals surface area (Å²) < 4.78 is 16.8. The summed E-state index contributed by atoms with van der Waals surface area (Å²) >= 11 is 0. The number of esters is 1. The van der Waals surface area contributed by atoms with Crippen LogP contribution in [0.1, 0.15) is 55.9 Å². The highest BCUT2D eigenvalue weighted by Gasteiger charge is 2.54. The number of hydrogen-bond donors (Lipinski definition) is 1. The Labute approximate surface area is 142 Å². The van der Waals surface area contributed by atoms with Gasteiger partial charge in [-0.15, -0.1) is 0 Å². The van der Waals surface area contributed by atoms with E-state index in [0.29, 0.717) is 5.56 Å². The van der Waals surface area contributed by atoms with Crippen LogP contribution in [-0.2, 0) is 18.8 Å². The number of carboxylic acids is 1. The Kier molecular flexibility index (Phi) is 5.06. The third kappa shape index (κ3) is 3.47. The highest BCUT2D eigenvalue weighted by atomic mass is 16.7. The number of ether oxygens (including phenoxy) is 1. The number of carbonyl (C=O) groups excluding carboxylic acids is 1. The van der Waals surface area contributed by atoms with Crippen molar-refractivity contribution in [1.29, 1.82) is 0 Å². The lowest BCUT2D eigenvalue weighted by Crippen LogP contribution is -2.41. The number of rotatable bonds is 5. The monoisotopic (exact) mass is 334 g/mol. The van der Waals surface area contributed by atoms with E-state index in [0.717, 1.165) is 0 Å². The van der Waals surface area contributed by atoms with Crippen molar-refractivity contribution in [3.05, 3.63) is 35.4 Å². The molecule has 0 aromatic heterocycles. The molecule has 1 fully saturated rings. The summed E-state index contributed by atoms with van der Waals surface area (Å²) in [5.41, 5.74) is -0.538. The van der Waals surface area contributed by atoms with E-state index in [1.54, 1.807) is 18.2 Å². The van der Waals surface area contributed by atoms with Gasteiger partial charge >= 0.3 is 19.1 Å². The van der Waals surface area contributed by atoms with E-state index < -0.39 is 36.1 Å². The summed E-state index contributed by atoms with van der Waals surface area (Å²) in [5, 5.41) is 9.46. The van der Waals surface area contributed by atoms with E-state index >= 15 is 0 Å². The molecule has 1 unspecified atom stereocenters. The molecular weight excluding hydrogens is 311 g/mol. The van der Waals surface area contributed by atoms with Gasteiger partial charge in [0, 0.05) is 5.82 Å². The molecule has 0 aliphatic carbocycles. The van der Waals surface area contributed by atoms with Crippen molar-refractivity contribution in [2.24, 2.45) is 0 Å². The van der Waals surface area contributed by atoms with Gasteiger partial charge in [-0.25, -0.2) is 4.79 Å². The predicted molar refractivity (Wildman–Crippen MR) is 88.9 cm³/mol. The number of carboxylic acid groups (broad SMARTS) is 1. The van der Waals surface area contributed by atoms with E-state index in [2.05, 4.69) is 0 Å². The predicted octanol–water partition coefficient (Wildman–Crippen LogP) is 2.66. The zero-order valence-electron chi connectivity index (χ0n) is 14.7. The summed E-state index contributed by atoms with van der Waals surface area (Å²) in [7, 11) is 0.557. The van der Waals surface area contributed by atoms with Gasteiger partial charge < -0.3 is 19.2 Å². The second kappa shape index (κ2) is 6.57. The molecule has 1 N–H and O–H groups in total.